The third-order valence-electron chi connectivity index (χ3n) is 4.88. The molecule has 3 aromatic heterocycles. The van der Waals surface area contributed by atoms with Crippen LogP contribution in [0.3, 0.4) is 0 Å². The Balaban J connectivity index is 1.92. The smallest absolute Gasteiger partial charge is 0.255 e. The molecule has 3 N–H and O–H groups in total. The van der Waals surface area contributed by atoms with Crippen molar-refractivity contribution in [2.75, 3.05) is 5.32 Å². The van der Waals surface area contributed by atoms with Gasteiger partial charge in [-0.2, -0.15) is 5.10 Å². The number of aromatic amines is 1. The SMILES string of the molecule is CCn1ncc2c(N[C@@H](C)C(C)C)c(C(=O)NCc3ccc(=O)[nH]c3)cnc21. The van der Waals surface area contributed by atoms with E-state index >= 15 is 0 Å². The molecule has 0 unspecified atom stereocenters. The molecule has 0 aliphatic carbocycles. The second-order valence-electron chi connectivity index (χ2n) is 7.17. The molecule has 3 aromatic rings. The predicted octanol–water partition coefficient (Wildman–Crippen LogP) is 2.53. The van der Waals surface area contributed by atoms with Gasteiger partial charge in [0.1, 0.15) is 0 Å². The number of nitrogens with zero attached hydrogens (tertiary/aromatic N) is 3. The molecule has 0 aliphatic heterocycles. The number of aromatic nitrogens is 4. The van der Waals surface area contributed by atoms with Gasteiger partial charge in [0.2, 0.25) is 5.56 Å². The summed E-state index contributed by atoms with van der Waals surface area (Å²) in [6.07, 6.45) is 4.93. The van der Waals surface area contributed by atoms with Gasteiger partial charge < -0.3 is 15.6 Å². The van der Waals surface area contributed by atoms with Gasteiger partial charge in [0.25, 0.3) is 5.91 Å². The second-order valence-corrected chi connectivity index (χ2v) is 7.17. The lowest BCUT2D eigenvalue weighted by Gasteiger charge is -2.21. The van der Waals surface area contributed by atoms with E-state index in [1.165, 1.54) is 6.07 Å². The van der Waals surface area contributed by atoms with Crippen molar-refractivity contribution in [2.45, 2.75) is 46.8 Å². The molecule has 0 bridgehead atoms. The zero-order valence-electron chi connectivity index (χ0n) is 16.6. The largest absolute Gasteiger partial charge is 0.381 e. The minimum absolute atomic E-state index is 0.168. The molecule has 0 fully saturated rings. The minimum atomic E-state index is -0.233. The highest BCUT2D eigenvalue weighted by Gasteiger charge is 2.20. The van der Waals surface area contributed by atoms with E-state index in [-0.39, 0.29) is 17.5 Å². The molecule has 1 atom stereocenters. The summed E-state index contributed by atoms with van der Waals surface area (Å²) in [5.74, 6) is 0.157. The Hall–Kier alpha value is -3.16. The summed E-state index contributed by atoms with van der Waals surface area (Å²) in [4.78, 5) is 31.1. The van der Waals surface area contributed by atoms with Crippen LogP contribution in [0.15, 0.2) is 35.5 Å². The number of H-pyrrole nitrogens is 1. The third kappa shape index (κ3) is 4.05. The van der Waals surface area contributed by atoms with E-state index in [9.17, 15) is 9.59 Å². The van der Waals surface area contributed by atoms with Gasteiger partial charge in [0, 0.05) is 37.6 Å². The van der Waals surface area contributed by atoms with Gasteiger partial charge in [0.15, 0.2) is 5.65 Å². The number of carbonyl (C=O) groups is 1. The van der Waals surface area contributed by atoms with Crippen LogP contribution in [0.4, 0.5) is 5.69 Å². The molecule has 0 radical (unpaired) electrons. The number of fused-ring (bicyclic) bond motifs is 1. The summed E-state index contributed by atoms with van der Waals surface area (Å²) in [6.45, 7) is 9.35. The van der Waals surface area contributed by atoms with Crippen LogP contribution in [0.1, 0.15) is 43.6 Å². The van der Waals surface area contributed by atoms with Crippen LogP contribution in [-0.2, 0) is 13.1 Å². The first-order valence-electron chi connectivity index (χ1n) is 9.47. The first kappa shape index (κ1) is 19.6. The standard InChI is InChI=1S/C20H26N6O2/c1-5-26-19-15(11-24-26)18(25-13(4)12(2)3)16(10-22-19)20(28)23-9-14-6-7-17(27)21-8-14/h6-8,10-13H,5,9H2,1-4H3,(H,21,27)(H,22,25)(H,23,28)/t13-/m0/s1. The Morgan fingerprint density at radius 1 is 1.25 bits per heavy atom. The maximum absolute atomic E-state index is 12.9. The highest BCUT2D eigenvalue weighted by molar-refractivity contribution is 6.06. The van der Waals surface area contributed by atoms with Crippen LogP contribution in [0.5, 0.6) is 0 Å². The Bertz CT molecular complexity index is 1020. The molecule has 28 heavy (non-hydrogen) atoms. The van der Waals surface area contributed by atoms with Gasteiger partial charge in [-0.1, -0.05) is 19.9 Å². The van der Waals surface area contributed by atoms with E-state index in [4.69, 9.17) is 0 Å². The Kier molecular flexibility index (Phi) is 5.77. The molecule has 3 heterocycles. The summed E-state index contributed by atoms with van der Waals surface area (Å²) in [6, 6.07) is 3.29. The average Bonchev–Trinajstić information content (AvgIpc) is 3.11. The lowest BCUT2D eigenvalue weighted by atomic mass is 10.0. The van der Waals surface area contributed by atoms with Crippen molar-refractivity contribution in [1.29, 1.82) is 0 Å². The van der Waals surface area contributed by atoms with Gasteiger partial charge in [-0.3, -0.25) is 9.59 Å². The van der Waals surface area contributed by atoms with E-state index in [1.54, 1.807) is 24.7 Å². The van der Waals surface area contributed by atoms with Crippen LogP contribution in [0.2, 0.25) is 0 Å². The first-order chi connectivity index (χ1) is 13.4. The van der Waals surface area contributed by atoms with E-state index < -0.39 is 0 Å². The quantitative estimate of drug-likeness (QED) is 0.582. The molecular formula is C20H26N6O2. The minimum Gasteiger partial charge on any atom is -0.381 e. The van der Waals surface area contributed by atoms with Crippen LogP contribution >= 0.6 is 0 Å². The van der Waals surface area contributed by atoms with Gasteiger partial charge in [0.05, 0.1) is 22.8 Å². The topological polar surface area (TPSA) is 105 Å². The molecule has 8 heteroatoms. The summed E-state index contributed by atoms with van der Waals surface area (Å²) in [7, 11) is 0. The molecule has 0 aromatic carbocycles. The Morgan fingerprint density at radius 3 is 2.68 bits per heavy atom. The van der Waals surface area contributed by atoms with Crippen molar-refractivity contribution in [3.05, 3.63) is 52.2 Å². The van der Waals surface area contributed by atoms with E-state index in [0.29, 0.717) is 24.6 Å². The number of aryl methyl sites for hydroxylation is 1. The number of amides is 1. The number of anilines is 1. The summed E-state index contributed by atoms with van der Waals surface area (Å²) < 4.78 is 1.81. The van der Waals surface area contributed by atoms with Gasteiger partial charge in [-0.15, -0.1) is 0 Å². The molecule has 148 valence electrons. The second kappa shape index (κ2) is 8.24. The van der Waals surface area contributed by atoms with Gasteiger partial charge in [-0.05, 0) is 25.3 Å². The van der Waals surface area contributed by atoms with Crippen molar-refractivity contribution in [3.63, 3.8) is 0 Å². The van der Waals surface area contributed by atoms with E-state index in [2.05, 4.69) is 46.5 Å². The fourth-order valence-corrected chi connectivity index (χ4v) is 2.81. The average molecular weight is 382 g/mol. The summed E-state index contributed by atoms with van der Waals surface area (Å²) >= 11 is 0. The van der Waals surface area contributed by atoms with Crippen LogP contribution in [0.25, 0.3) is 11.0 Å². The molecule has 0 spiro atoms. The molecule has 0 saturated heterocycles. The monoisotopic (exact) mass is 382 g/mol. The molecule has 0 aliphatic rings. The maximum atomic E-state index is 12.9. The van der Waals surface area contributed by atoms with Gasteiger partial charge >= 0.3 is 0 Å². The van der Waals surface area contributed by atoms with Crippen molar-refractivity contribution < 1.29 is 4.79 Å². The highest BCUT2D eigenvalue weighted by Crippen LogP contribution is 2.27. The van der Waals surface area contributed by atoms with Crippen molar-refractivity contribution in [1.82, 2.24) is 25.1 Å². The van der Waals surface area contributed by atoms with Crippen molar-refractivity contribution in [3.8, 4) is 0 Å². The first-order valence-corrected chi connectivity index (χ1v) is 9.47. The number of hydrogen-bond acceptors (Lipinski definition) is 5. The normalized spacial score (nSPS) is 12.3. The van der Waals surface area contributed by atoms with Crippen LogP contribution in [0, 0.1) is 5.92 Å². The predicted molar refractivity (Wildman–Crippen MR) is 109 cm³/mol. The van der Waals surface area contributed by atoms with Crippen LogP contribution < -0.4 is 16.2 Å². The number of hydrogen-bond donors (Lipinski definition) is 3. The lowest BCUT2D eigenvalue weighted by molar-refractivity contribution is 0.0951. The van der Waals surface area contributed by atoms with Crippen molar-refractivity contribution >= 4 is 22.6 Å². The number of pyridine rings is 2. The Labute approximate surface area is 163 Å². The Morgan fingerprint density at radius 2 is 2.04 bits per heavy atom. The van der Waals surface area contributed by atoms with Crippen molar-refractivity contribution in [2.24, 2.45) is 5.92 Å². The molecule has 1 amide bonds. The number of carbonyl (C=O) groups excluding carboxylic acids is 1. The molecular weight excluding hydrogens is 356 g/mol. The lowest BCUT2D eigenvalue weighted by Crippen LogP contribution is -2.27. The summed E-state index contributed by atoms with van der Waals surface area (Å²) in [5.41, 5.74) is 2.60. The van der Waals surface area contributed by atoms with Crippen LogP contribution in [-0.4, -0.2) is 31.7 Å². The molecule has 3 rings (SSSR count). The summed E-state index contributed by atoms with van der Waals surface area (Å²) in [5, 5.41) is 11.6. The third-order valence-corrected chi connectivity index (χ3v) is 4.88. The zero-order valence-corrected chi connectivity index (χ0v) is 16.6. The number of nitrogens with one attached hydrogen (secondary N) is 3. The molecule has 8 nitrogen and oxygen atoms in total. The molecule has 0 saturated carbocycles. The fraction of sp³-hybridized carbons (Fsp3) is 0.400. The van der Waals surface area contributed by atoms with E-state index in [0.717, 1.165) is 22.3 Å². The van der Waals surface area contributed by atoms with Gasteiger partial charge in [-0.25, -0.2) is 9.67 Å². The number of rotatable bonds is 7. The van der Waals surface area contributed by atoms with E-state index in [1.807, 2.05) is 11.6 Å². The fourth-order valence-electron chi connectivity index (χ4n) is 2.81. The zero-order chi connectivity index (χ0) is 20.3. The maximum Gasteiger partial charge on any atom is 0.255 e. The highest BCUT2D eigenvalue weighted by atomic mass is 16.1.